The highest BCUT2D eigenvalue weighted by Crippen LogP contribution is 2.15. The maximum Gasteiger partial charge on any atom is 0.325 e. The van der Waals surface area contributed by atoms with Crippen LogP contribution in [0.25, 0.3) is 0 Å². The summed E-state index contributed by atoms with van der Waals surface area (Å²) in [5, 5.41) is 11.5. The lowest BCUT2D eigenvalue weighted by Crippen LogP contribution is -2.27. The van der Waals surface area contributed by atoms with Crippen LogP contribution in [0.4, 0.5) is 0 Å². The van der Waals surface area contributed by atoms with Crippen LogP contribution in [0, 0.1) is 0 Å². The van der Waals surface area contributed by atoms with Crippen LogP contribution in [0.1, 0.15) is 18.1 Å². The van der Waals surface area contributed by atoms with E-state index < -0.39 is 17.1 Å². The van der Waals surface area contributed by atoms with Crippen molar-refractivity contribution in [3.05, 3.63) is 56.2 Å². The van der Waals surface area contributed by atoms with Crippen LogP contribution in [0.3, 0.4) is 0 Å². The van der Waals surface area contributed by atoms with Crippen molar-refractivity contribution in [1.82, 2.24) is 9.97 Å². The molecular formula is C13H13N2O4-. The summed E-state index contributed by atoms with van der Waals surface area (Å²) < 4.78 is 5.30. The molecule has 19 heavy (non-hydrogen) atoms. The lowest BCUT2D eigenvalue weighted by atomic mass is 10.1. The van der Waals surface area contributed by atoms with E-state index in [9.17, 15) is 14.7 Å². The highest BCUT2D eigenvalue weighted by Gasteiger charge is 2.04. The van der Waals surface area contributed by atoms with Crippen molar-refractivity contribution in [3.8, 4) is 11.6 Å². The molecule has 0 saturated heterocycles. The zero-order valence-electron chi connectivity index (χ0n) is 10.4. The van der Waals surface area contributed by atoms with Crippen molar-refractivity contribution >= 4 is 0 Å². The molecular weight excluding hydrogens is 248 g/mol. The maximum absolute atomic E-state index is 11.5. The van der Waals surface area contributed by atoms with Crippen molar-refractivity contribution in [2.75, 3.05) is 6.61 Å². The van der Waals surface area contributed by atoms with E-state index in [1.54, 1.807) is 24.3 Å². The summed E-state index contributed by atoms with van der Waals surface area (Å²) in [6, 6.07) is 7.08. The van der Waals surface area contributed by atoms with Crippen molar-refractivity contribution in [1.29, 1.82) is 0 Å². The minimum atomic E-state index is -0.787. The SMILES string of the molecule is CCOc1ccc(Cc2c([O-])[nH]c(=O)[nH]c2=O)cc1. The molecule has 6 nitrogen and oxygen atoms in total. The molecule has 0 saturated carbocycles. The largest absolute Gasteiger partial charge is 0.860 e. The smallest absolute Gasteiger partial charge is 0.325 e. The van der Waals surface area contributed by atoms with Crippen molar-refractivity contribution < 1.29 is 9.84 Å². The molecule has 1 heterocycles. The van der Waals surface area contributed by atoms with E-state index >= 15 is 0 Å². The van der Waals surface area contributed by atoms with Gasteiger partial charge in [-0.15, -0.1) is 0 Å². The summed E-state index contributed by atoms with van der Waals surface area (Å²) >= 11 is 0. The Labute approximate surface area is 108 Å². The lowest BCUT2D eigenvalue weighted by Gasteiger charge is -2.11. The molecule has 0 fully saturated rings. The van der Waals surface area contributed by atoms with Gasteiger partial charge in [0.25, 0.3) is 5.56 Å². The second-order valence-corrected chi connectivity index (χ2v) is 3.97. The average Bonchev–Trinajstić information content (AvgIpc) is 2.36. The molecule has 2 aromatic rings. The summed E-state index contributed by atoms with van der Waals surface area (Å²) in [6.07, 6.45) is 0.164. The minimum Gasteiger partial charge on any atom is -0.860 e. The van der Waals surface area contributed by atoms with Gasteiger partial charge < -0.3 is 14.8 Å². The van der Waals surface area contributed by atoms with Gasteiger partial charge in [-0.2, -0.15) is 0 Å². The standard InChI is InChI=1S/C13H14N2O4/c1-2-19-9-5-3-8(4-6-9)7-10-11(16)14-13(18)15-12(10)17/h3-6H,2,7H2,1H3,(H3,14,15,16,17,18)/p-1. The number of benzene rings is 1. The molecule has 0 aliphatic heterocycles. The van der Waals surface area contributed by atoms with Gasteiger partial charge in [0.2, 0.25) is 0 Å². The van der Waals surface area contributed by atoms with Crippen LogP contribution < -0.4 is 21.1 Å². The fraction of sp³-hybridized carbons (Fsp3) is 0.231. The Balaban J connectivity index is 2.26. The first-order chi connectivity index (χ1) is 9.10. The number of aromatic nitrogens is 2. The van der Waals surface area contributed by atoms with Crippen molar-refractivity contribution in [2.24, 2.45) is 0 Å². The molecule has 0 aliphatic carbocycles. The predicted octanol–water partition coefficient (Wildman–Crippen LogP) is 0.126. The van der Waals surface area contributed by atoms with Crippen LogP contribution in [0.15, 0.2) is 33.9 Å². The second-order valence-electron chi connectivity index (χ2n) is 3.97. The molecule has 0 radical (unpaired) electrons. The molecule has 0 spiro atoms. The normalized spacial score (nSPS) is 10.4. The summed E-state index contributed by atoms with van der Waals surface area (Å²) in [5.74, 6) is 0.0756. The van der Waals surface area contributed by atoms with E-state index in [2.05, 4.69) is 0 Å². The van der Waals surface area contributed by atoms with Gasteiger partial charge in [-0.3, -0.25) is 9.78 Å². The summed E-state index contributed by atoms with van der Waals surface area (Å²) in [7, 11) is 0. The third-order valence-corrected chi connectivity index (χ3v) is 2.62. The van der Waals surface area contributed by atoms with Gasteiger partial charge in [-0.05, 0) is 30.5 Å². The van der Waals surface area contributed by atoms with Gasteiger partial charge in [0.05, 0.1) is 6.61 Å². The summed E-state index contributed by atoms with van der Waals surface area (Å²) in [6.45, 7) is 2.46. The van der Waals surface area contributed by atoms with Crippen LogP contribution in [0.2, 0.25) is 0 Å². The van der Waals surface area contributed by atoms with Crippen LogP contribution >= 0.6 is 0 Å². The van der Waals surface area contributed by atoms with Crippen LogP contribution in [0.5, 0.6) is 11.6 Å². The molecule has 1 aromatic heterocycles. The molecule has 0 bridgehead atoms. The molecule has 0 aliphatic rings. The number of aromatic amines is 2. The second kappa shape index (κ2) is 5.43. The number of nitrogens with one attached hydrogen (secondary N) is 2. The van der Waals surface area contributed by atoms with E-state index in [1.165, 1.54) is 0 Å². The highest BCUT2D eigenvalue weighted by atomic mass is 16.5. The van der Waals surface area contributed by atoms with Gasteiger partial charge in [-0.1, -0.05) is 12.1 Å². The van der Waals surface area contributed by atoms with Gasteiger partial charge in [0.1, 0.15) is 5.75 Å². The minimum absolute atomic E-state index is 0.0174. The Kier molecular flexibility index (Phi) is 3.70. The van der Waals surface area contributed by atoms with E-state index in [-0.39, 0.29) is 12.0 Å². The van der Waals surface area contributed by atoms with Gasteiger partial charge >= 0.3 is 5.69 Å². The molecule has 6 heteroatoms. The molecule has 0 amide bonds. The summed E-state index contributed by atoms with van der Waals surface area (Å²) in [5.41, 5.74) is -0.630. The Morgan fingerprint density at radius 2 is 1.84 bits per heavy atom. The molecule has 0 unspecified atom stereocenters. The van der Waals surface area contributed by atoms with Crippen LogP contribution in [-0.4, -0.2) is 16.6 Å². The van der Waals surface area contributed by atoms with E-state index in [4.69, 9.17) is 4.74 Å². The van der Waals surface area contributed by atoms with Gasteiger partial charge in [0, 0.05) is 12.0 Å². The quantitative estimate of drug-likeness (QED) is 0.817. The van der Waals surface area contributed by atoms with E-state index in [0.29, 0.717) is 6.61 Å². The van der Waals surface area contributed by atoms with Gasteiger partial charge in [0.15, 0.2) is 0 Å². The number of hydrogen-bond donors (Lipinski definition) is 2. The number of ether oxygens (including phenoxy) is 1. The predicted molar refractivity (Wildman–Crippen MR) is 67.5 cm³/mol. The number of hydrogen-bond acceptors (Lipinski definition) is 4. The molecule has 0 atom stereocenters. The first kappa shape index (κ1) is 12.9. The molecule has 2 N–H and O–H groups in total. The number of H-pyrrole nitrogens is 2. The average molecular weight is 261 g/mol. The molecule has 100 valence electrons. The maximum atomic E-state index is 11.5. The first-order valence-corrected chi connectivity index (χ1v) is 5.84. The first-order valence-electron chi connectivity index (χ1n) is 5.84. The topological polar surface area (TPSA) is 98.0 Å². The van der Waals surface area contributed by atoms with Crippen molar-refractivity contribution in [2.45, 2.75) is 13.3 Å². The fourth-order valence-electron chi connectivity index (χ4n) is 1.73. The molecule has 2 rings (SSSR count). The third-order valence-electron chi connectivity index (χ3n) is 2.62. The Bertz CT molecular complexity index is 670. The Morgan fingerprint density at radius 3 is 2.42 bits per heavy atom. The lowest BCUT2D eigenvalue weighted by molar-refractivity contribution is -0.276. The zero-order valence-corrected chi connectivity index (χ0v) is 10.4. The molecule has 1 aromatic carbocycles. The van der Waals surface area contributed by atoms with E-state index in [1.807, 2.05) is 16.9 Å². The third kappa shape index (κ3) is 3.04. The highest BCUT2D eigenvalue weighted by molar-refractivity contribution is 5.32. The van der Waals surface area contributed by atoms with Crippen molar-refractivity contribution in [3.63, 3.8) is 0 Å². The summed E-state index contributed by atoms with van der Waals surface area (Å²) in [4.78, 5) is 26.5. The van der Waals surface area contributed by atoms with Crippen LogP contribution in [-0.2, 0) is 6.42 Å². The monoisotopic (exact) mass is 261 g/mol. The van der Waals surface area contributed by atoms with E-state index in [0.717, 1.165) is 11.3 Å². The zero-order chi connectivity index (χ0) is 13.8. The van der Waals surface area contributed by atoms with Gasteiger partial charge in [-0.25, -0.2) is 4.79 Å². The number of rotatable bonds is 4. The fourth-order valence-corrected chi connectivity index (χ4v) is 1.73. The Hall–Kier alpha value is -2.50. The Morgan fingerprint density at radius 1 is 1.16 bits per heavy atom.